The Morgan fingerprint density at radius 2 is 1.58 bits per heavy atom. The standard InChI is InChI=1S/C34H37ClF2N2O5S/c1-23-4-10-28(11-5-23)45(40,41)44-15-13-34(36,37)12-14-42-30-24(18-38)16-26(17-29(30)35)31(2,3)25-6-8-27(9-7-25)43-22-32-19-33(39,20-32)21-32/h4-11,16-17H,12-15,19-22,39H2,1-3H3. The second-order valence-corrected chi connectivity index (χ2v) is 15.1. The fraction of sp³-hybridized carbons (Fsp3) is 0.441. The smallest absolute Gasteiger partial charge is 0.296 e. The van der Waals surface area contributed by atoms with E-state index in [1.54, 1.807) is 31.2 Å². The van der Waals surface area contributed by atoms with Crippen molar-refractivity contribution in [3.8, 4) is 17.6 Å². The molecule has 3 aliphatic rings. The van der Waals surface area contributed by atoms with E-state index < -0.39 is 47.5 Å². The van der Waals surface area contributed by atoms with Crippen molar-refractivity contribution in [2.24, 2.45) is 11.1 Å². The van der Waals surface area contributed by atoms with Crippen LogP contribution in [0.2, 0.25) is 5.02 Å². The van der Waals surface area contributed by atoms with Crippen LogP contribution in [0.25, 0.3) is 0 Å². The zero-order valence-corrected chi connectivity index (χ0v) is 27.1. The molecular formula is C34H37ClF2N2O5S. The van der Waals surface area contributed by atoms with E-state index in [1.807, 2.05) is 38.1 Å². The van der Waals surface area contributed by atoms with E-state index in [0.717, 1.165) is 41.7 Å². The number of ether oxygens (including phenoxy) is 2. The molecule has 0 heterocycles. The van der Waals surface area contributed by atoms with Crippen molar-refractivity contribution in [3.05, 3.63) is 87.9 Å². The van der Waals surface area contributed by atoms with Crippen molar-refractivity contribution in [2.75, 3.05) is 19.8 Å². The molecule has 3 fully saturated rings. The van der Waals surface area contributed by atoms with E-state index in [4.69, 9.17) is 31.0 Å². The Labute approximate surface area is 268 Å². The summed E-state index contributed by atoms with van der Waals surface area (Å²) >= 11 is 6.52. The molecule has 6 rings (SSSR count). The number of alkyl halides is 2. The zero-order chi connectivity index (χ0) is 32.7. The predicted molar refractivity (Wildman–Crippen MR) is 167 cm³/mol. The molecule has 240 valence electrons. The number of rotatable bonds is 14. The molecule has 7 nitrogen and oxygen atoms in total. The van der Waals surface area contributed by atoms with Crippen LogP contribution in [0.15, 0.2) is 65.6 Å². The number of nitriles is 1. The van der Waals surface area contributed by atoms with Gasteiger partial charge in [-0.3, -0.25) is 4.18 Å². The maximum Gasteiger partial charge on any atom is 0.296 e. The number of hydrogen-bond acceptors (Lipinski definition) is 7. The van der Waals surface area contributed by atoms with E-state index in [2.05, 4.69) is 6.07 Å². The van der Waals surface area contributed by atoms with E-state index in [0.29, 0.717) is 6.61 Å². The summed E-state index contributed by atoms with van der Waals surface area (Å²) in [5.41, 5.74) is 8.58. The number of nitrogens with two attached hydrogens (primary N) is 1. The molecule has 0 unspecified atom stereocenters. The third kappa shape index (κ3) is 7.28. The average molecular weight is 659 g/mol. The molecule has 2 bridgehead atoms. The molecule has 11 heteroatoms. The quantitative estimate of drug-likeness (QED) is 0.181. The highest BCUT2D eigenvalue weighted by atomic mass is 35.5. The summed E-state index contributed by atoms with van der Waals surface area (Å²) in [6.07, 6.45) is 1.51. The highest BCUT2D eigenvalue weighted by Crippen LogP contribution is 2.65. The molecule has 2 N–H and O–H groups in total. The van der Waals surface area contributed by atoms with Crippen LogP contribution < -0.4 is 15.2 Å². The number of halogens is 3. The minimum absolute atomic E-state index is 0.0179. The molecule has 0 atom stereocenters. The highest BCUT2D eigenvalue weighted by molar-refractivity contribution is 7.86. The Balaban J connectivity index is 1.16. The molecule has 0 aliphatic heterocycles. The van der Waals surface area contributed by atoms with Crippen LogP contribution in [-0.2, 0) is 19.7 Å². The van der Waals surface area contributed by atoms with E-state index in [1.165, 1.54) is 12.1 Å². The molecule has 0 saturated heterocycles. The number of benzene rings is 3. The van der Waals surface area contributed by atoms with Gasteiger partial charge < -0.3 is 15.2 Å². The van der Waals surface area contributed by atoms with Crippen LogP contribution >= 0.6 is 11.6 Å². The topological polar surface area (TPSA) is 112 Å². The highest BCUT2D eigenvalue weighted by Gasteiger charge is 2.66. The zero-order valence-electron chi connectivity index (χ0n) is 25.5. The summed E-state index contributed by atoms with van der Waals surface area (Å²) in [6, 6.07) is 19.1. The summed E-state index contributed by atoms with van der Waals surface area (Å²) in [7, 11) is -4.15. The first kappa shape index (κ1) is 33.1. The first-order valence-corrected chi connectivity index (χ1v) is 16.6. The van der Waals surface area contributed by atoms with Crippen LogP contribution in [0.3, 0.4) is 0 Å². The van der Waals surface area contributed by atoms with E-state index in [-0.39, 0.29) is 32.2 Å². The second kappa shape index (κ2) is 12.2. The van der Waals surface area contributed by atoms with Gasteiger partial charge in [-0.2, -0.15) is 13.7 Å². The molecule has 3 saturated carbocycles. The molecule has 3 aliphatic carbocycles. The maximum absolute atomic E-state index is 14.6. The molecular weight excluding hydrogens is 622 g/mol. The van der Waals surface area contributed by atoms with Crippen molar-refractivity contribution in [2.45, 2.75) is 74.6 Å². The van der Waals surface area contributed by atoms with Gasteiger partial charge in [0.05, 0.1) is 35.3 Å². The summed E-state index contributed by atoms with van der Waals surface area (Å²) in [6.45, 7) is 5.32. The Kier molecular flexibility index (Phi) is 8.97. The van der Waals surface area contributed by atoms with Crippen molar-refractivity contribution in [1.29, 1.82) is 5.26 Å². The molecule has 0 aromatic heterocycles. The van der Waals surface area contributed by atoms with Gasteiger partial charge in [0.2, 0.25) is 0 Å². The lowest BCUT2D eigenvalue weighted by molar-refractivity contribution is -0.153. The predicted octanol–water partition coefficient (Wildman–Crippen LogP) is 7.31. The molecule has 0 spiro atoms. The van der Waals surface area contributed by atoms with E-state index in [9.17, 15) is 22.5 Å². The summed E-state index contributed by atoms with van der Waals surface area (Å²) < 4.78 is 70.1. The van der Waals surface area contributed by atoms with E-state index >= 15 is 0 Å². The van der Waals surface area contributed by atoms with Gasteiger partial charge in [-0.25, -0.2) is 8.78 Å². The van der Waals surface area contributed by atoms with Crippen molar-refractivity contribution >= 4 is 21.7 Å². The van der Waals surface area contributed by atoms with Crippen LogP contribution in [0, 0.1) is 23.7 Å². The van der Waals surface area contributed by atoms with Crippen molar-refractivity contribution in [3.63, 3.8) is 0 Å². The minimum Gasteiger partial charge on any atom is -0.493 e. The molecule has 0 radical (unpaired) electrons. The van der Waals surface area contributed by atoms with Crippen molar-refractivity contribution in [1.82, 2.24) is 0 Å². The maximum atomic E-state index is 14.6. The number of hydrogen-bond donors (Lipinski definition) is 1. The van der Waals surface area contributed by atoms with Crippen LogP contribution in [-0.4, -0.2) is 39.7 Å². The summed E-state index contributed by atoms with van der Waals surface area (Å²) in [5.74, 6) is -2.48. The second-order valence-electron chi connectivity index (χ2n) is 13.1. The average Bonchev–Trinajstić information content (AvgIpc) is 2.95. The summed E-state index contributed by atoms with van der Waals surface area (Å²) in [4.78, 5) is -0.1000. The van der Waals surface area contributed by atoms with Crippen LogP contribution in [0.4, 0.5) is 8.78 Å². The lowest BCUT2D eigenvalue weighted by Crippen LogP contribution is -2.73. The first-order valence-electron chi connectivity index (χ1n) is 14.8. The molecule has 3 aromatic carbocycles. The van der Waals surface area contributed by atoms with Crippen LogP contribution in [0.1, 0.15) is 68.2 Å². The Morgan fingerprint density at radius 3 is 2.18 bits per heavy atom. The Hall–Kier alpha value is -3.23. The lowest BCUT2D eigenvalue weighted by atomic mass is 9.40. The van der Waals surface area contributed by atoms with Gasteiger partial charge in [-0.05, 0) is 73.7 Å². The summed E-state index contributed by atoms with van der Waals surface area (Å²) in [5, 5.41) is 9.96. The molecule has 0 amide bonds. The Morgan fingerprint density at radius 1 is 0.956 bits per heavy atom. The number of nitrogens with zero attached hydrogens (tertiary/aromatic N) is 1. The minimum atomic E-state index is -4.15. The normalized spacial score (nSPS) is 20.9. The third-order valence-corrected chi connectivity index (χ3v) is 10.5. The monoisotopic (exact) mass is 658 g/mol. The fourth-order valence-electron chi connectivity index (χ4n) is 6.29. The van der Waals surface area contributed by atoms with Gasteiger partial charge in [0.15, 0.2) is 5.75 Å². The fourth-order valence-corrected chi connectivity index (χ4v) is 7.48. The van der Waals surface area contributed by atoms with Gasteiger partial charge in [0, 0.05) is 29.2 Å². The van der Waals surface area contributed by atoms with Crippen LogP contribution in [0.5, 0.6) is 11.5 Å². The van der Waals surface area contributed by atoms with Gasteiger partial charge in [-0.15, -0.1) is 0 Å². The van der Waals surface area contributed by atoms with Gasteiger partial charge in [-0.1, -0.05) is 55.3 Å². The third-order valence-electron chi connectivity index (χ3n) is 8.92. The largest absolute Gasteiger partial charge is 0.493 e. The SMILES string of the molecule is Cc1ccc(S(=O)(=O)OCCC(F)(F)CCOc2c(Cl)cc(C(C)(C)c3ccc(OCC45CC(N)(C4)C5)cc3)cc2C#N)cc1. The lowest BCUT2D eigenvalue weighted by Gasteiger charge is -2.68. The van der Waals surface area contributed by atoms with Crippen molar-refractivity contribution < 1.29 is 30.9 Å². The Bertz CT molecular complexity index is 1680. The van der Waals surface area contributed by atoms with Gasteiger partial charge in [0.25, 0.3) is 16.0 Å². The van der Waals surface area contributed by atoms with Gasteiger partial charge in [0.1, 0.15) is 11.8 Å². The van der Waals surface area contributed by atoms with Gasteiger partial charge >= 0.3 is 0 Å². The molecule has 45 heavy (non-hydrogen) atoms. The first-order chi connectivity index (χ1) is 21.1. The number of aryl methyl sites for hydroxylation is 1. The molecule has 3 aromatic rings.